The van der Waals surface area contributed by atoms with E-state index in [1.807, 2.05) is 12.1 Å². The summed E-state index contributed by atoms with van der Waals surface area (Å²) >= 11 is 0. The summed E-state index contributed by atoms with van der Waals surface area (Å²) in [6.45, 7) is 2.12. The van der Waals surface area contributed by atoms with Gasteiger partial charge < -0.3 is 5.32 Å². The average Bonchev–Trinajstić information content (AvgIpc) is 2.68. The quantitative estimate of drug-likeness (QED) is 0.788. The lowest BCUT2D eigenvalue weighted by atomic mass is 9.67. The molecule has 5 heteroatoms. The topological polar surface area (TPSA) is 15.3 Å². The zero-order valence-corrected chi connectivity index (χ0v) is 15.8. The molecule has 0 aromatic heterocycles. The van der Waals surface area contributed by atoms with Crippen LogP contribution in [0.15, 0.2) is 48.5 Å². The Kier molecular flexibility index (Phi) is 4.48. The summed E-state index contributed by atoms with van der Waals surface area (Å²) in [6.07, 6.45) is 1.08. The highest BCUT2D eigenvalue weighted by molar-refractivity contribution is 5.64. The monoisotopic (exact) mass is 386 g/mol. The molecule has 4 bridgehead atoms. The van der Waals surface area contributed by atoms with Gasteiger partial charge in [-0.05, 0) is 48.1 Å². The third-order valence-corrected chi connectivity index (χ3v) is 6.96. The maximum Gasteiger partial charge on any atom is 0.416 e. The number of nitrogens with one attached hydrogen (secondary N) is 1. The number of alkyl halides is 3. The minimum absolute atomic E-state index is 0.608. The molecule has 0 saturated carbocycles. The van der Waals surface area contributed by atoms with E-state index in [1.54, 1.807) is 12.1 Å². The second-order valence-electron chi connectivity index (χ2n) is 8.51. The van der Waals surface area contributed by atoms with Crippen molar-refractivity contribution in [2.24, 2.45) is 5.92 Å². The van der Waals surface area contributed by atoms with Gasteiger partial charge in [-0.2, -0.15) is 13.2 Å². The summed E-state index contributed by atoms with van der Waals surface area (Å²) < 4.78 is 38.1. The molecule has 0 aliphatic carbocycles. The summed E-state index contributed by atoms with van der Waals surface area (Å²) in [5, 5.41) is 3.79. The first-order valence-electron chi connectivity index (χ1n) is 10.2. The van der Waals surface area contributed by atoms with Crippen LogP contribution in [0.3, 0.4) is 0 Å². The van der Waals surface area contributed by atoms with Crippen LogP contribution in [0.2, 0.25) is 0 Å². The maximum absolute atomic E-state index is 12.7. The van der Waals surface area contributed by atoms with Gasteiger partial charge in [0.15, 0.2) is 0 Å². The molecule has 6 rings (SSSR count). The van der Waals surface area contributed by atoms with Gasteiger partial charge >= 0.3 is 6.18 Å². The van der Waals surface area contributed by atoms with Crippen molar-refractivity contribution in [2.75, 3.05) is 6.54 Å². The molecule has 2 aromatic rings. The highest BCUT2D eigenvalue weighted by atomic mass is 19.4. The SMILES string of the molecule is FC(F)(F)c1ccc(-c2ccc(CNC3CC4CCCC5C3CN45)cc2)cc1. The third-order valence-electron chi connectivity index (χ3n) is 6.96. The molecule has 4 fully saturated rings. The van der Waals surface area contributed by atoms with Crippen LogP contribution in [0.4, 0.5) is 13.2 Å². The van der Waals surface area contributed by atoms with E-state index in [4.69, 9.17) is 0 Å². The molecule has 0 spiro atoms. The summed E-state index contributed by atoms with van der Waals surface area (Å²) in [5.74, 6) is 0.808. The van der Waals surface area contributed by atoms with Gasteiger partial charge in [0.05, 0.1) is 5.56 Å². The third kappa shape index (κ3) is 3.25. The first-order chi connectivity index (χ1) is 13.5. The van der Waals surface area contributed by atoms with E-state index in [0.29, 0.717) is 6.04 Å². The van der Waals surface area contributed by atoms with Crippen molar-refractivity contribution in [2.45, 2.75) is 56.5 Å². The molecule has 1 N–H and O–H groups in total. The molecular formula is C23H25F3N2. The Hall–Kier alpha value is -1.85. The van der Waals surface area contributed by atoms with E-state index in [1.165, 1.54) is 37.8 Å². The second-order valence-corrected chi connectivity index (χ2v) is 8.51. The molecule has 5 unspecified atom stereocenters. The van der Waals surface area contributed by atoms with Crippen LogP contribution in [-0.2, 0) is 12.7 Å². The molecule has 4 aliphatic rings. The average molecular weight is 386 g/mol. The fourth-order valence-corrected chi connectivity index (χ4v) is 5.40. The molecule has 2 nitrogen and oxygen atoms in total. The zero-order valence-electron chi connectivity index (χ0n) is 15.8. The molecule has 28 heavy (non-hydrogen) atoms. The van der Waals surface area contributed by atoms with Crippen molar-refractivity contribution in [1.82, 2.24) is 10.2 Å². The van der Waals surface area contributed by atoms with Crippen molar-refractivity contribution in [3.8, 4) is 11.1 Å². The first kappa shape index (κ1) is 18.2. The van der Waals surface area contributed by atoms with Crippen LogP contribution >= 0.6 is 0 Å². The number of halogens is 3. The number of nitrogens with zero attached hydrogens (tertiary/aromatic N) is 1. The molecule has 0 radical (unpaired) electrons. The summed E-state index contributed by atoms with van der Waals surface area (Å²) in [7, 11) is 0. The Labute approximate surface area is 163 Å². The van der Waals surface area contributed by atoms with Gasteiger partial charge in [0.25, 0.3) is 0 Å². The largest absolute Gasteiger partial charge is 0.416 e. The summed E-state index contributed by atoms with van der Waals surface area (Å²) in [4.78, 5) is 2.71. The molecule has 0 amide bonds. The minimum atomic E-state index is -4.29. The molecule has 4 aliphatic heterocycles. The van der Waals surface area contributed by atoms with E-state index >= 15 is 0 Å². The zero-order chi connectivity index (χ0) is 19.3. The number of fused-ring (bicyclic) bond motifs is 1. The number of benzene rings is 2. The van der Waals surface area contributed by atoms with Crippen LogP contribution in [0, 0.1) is 5.92 Å². The molecular weight excluding hydrogens is 361 g/mol. The fraction of sp³-hybridized carbons (Fsp3) is 0.478. The van der Waals surface area contributed by atoms with Crippen molar-refractivity contribution >= 4 is 0 Å². The normalized spacial score (nSPS) is 31.3. The lowest BCUT2D eigenvalue weighted by molar-refractivity contribution is -0.137. The van der Waals surface area contributed by atoms with Gasteiger partial charge in [-0.25, -0.2) is 0 Å². The summed E-state index contributed by atoms with van der Waals surface area (Å²) in [6, 6.07) is 15.7. The van der Waals surface area contributed by atoms with Crippen LogP contribution < -0.4 is 5.32 Å². The van der Waals surface area contributed by atoms with E-state index in [2.05, 4.69) is 22.3 Å². The van der Waals surface area contributed by atoms with Crippen molar-refractivity contribution in [3.63, 3.8) is 0 Å². The Morgan fingerprint density at radius 1 is 0.929 bits per heavy atom. The maximum atomic E-state index is 12.7. The van der Waals surface area contributed by atoms with Crippen LogP contribution in [0.5, 0.6) is 0 Å². The van der Waals surface area contributed by atoms with Gasteiger partial charge in [0.1, 0.15) is 0 Å². The van der Waals surface area contributed by atoms with Crippen molar-refractivity contribution in [3.05, 3.63) is 59.7 Å². The van der Waals surface area contributed by atoms with Gasteiger partial charge in [0.2, 0.25) is 0 Å². The Balaban J connectivity index is 1.21. The molecule has 5 atom stereocenters. The number of rotatable bonds is 4. The molecule has 2 aromatic carbocycles. The van der Waals surface area contributed by atoms with Gasteiger partial charge in [-0.15, -0.1) is 0 Å². The fourth-order valence-electron chi connectivity index (χ4n) is 5.40. The van der Waals surface area contributed by atoms with E-state index in [-0.39, 0.29) is 0 Å². The molecule has 4 heterocycles. The standard InChI is InChI=1S/C23H25F3N2/c24-23(25,26)18-10-8-17(9-11-18)16-6-4-15(5-7-16)13-27-21-12-19-2-1-3-22-20(21)14-28(19)22/h4-11,19-22,27H,1-3,12-14H2. The van der Waals surface area contributed by atoms with Gasteiger partial charge in [-0.1, -0.05) is 42.8 Å². The Morgan fingerprint density at radius 2 is 1.61 bits per heavy atom. The number of hydrogen-bond donors (Lipinski definition) is 1. The van der Waals surface area contributed by atoms with Gasteiger partial charge in [0, 0.05) is 37.1 Å². The van der Waals surface area contributed by atoms with Crippen LogP contribution in [-0.4, -0.2) is 29.6 Å². The minimum Gasteiger partial charge on any atom is -0.309 e. The van der Waals surface area contributed by atoms with Crippen molar-refractivity contribution in [1.29, 1.82) is 0 Å². The Bertz CT molecular complexity index is 822. The predicted octanol–water partition coefficient (Wildman–Crippen LogP) is 5.09. The predicted molar refractivity (Wildman–Crippen MR) is 104 cm³/mol. The van der Waals surface area contributed by atoms with E-state index in [0.717, 1.165) is 47.8 Å². The number of hydrogen-bond acceptors (Lipinski definition) is 2. The lowest BCUT2D eigenvalue weighted by Gasteiger charge is -2.63. The van der Waals surface area contributed by atoms with Crippen molar-refractivity contribution < 1.29 is 13.2 Å². The molecule has 148 valence electrons. The highest BCUT2D eigenvalue weighted by Gasteiger charge is 2.52. The van der Waals surface area contributed by atoms with Crippen LogP contribution in [0.1, 0.15) is 36.8 Å². The highest BCUT2D eigenvalue weighted by Crippen LogP contribution is 2.45. The first-order valence-corrected chi connectivity index (χ1v) is 10.2. The Morgan fingerprint density at radius 3 is 2.25 bits per heavy atom. The van der Waals surface area contributed by atoms with Gasteiger partial charge in [-0.3, -0.25) is 4.90 Å². The lowest BCUT2D eigenvalue weighted by Crippen LogP contribution is -2.72. The number of piperidine rings is 3. The van der Waals surface area contributed by atoms with E-state index < -0.39 is 11.7 Å². The van der Waals surface area contributed by atoms with Crippen LogP contribution in [0.25, 0.3) is 11.1 Å². The molecule has 4 saturated heterocycles. The van der Waals surface area contributed by atoms with E-state index in [9.17, 15) is 13.2 Å². The summed E-state index contributed by atoms with van der Waals surface area (Å²) in [5.41, 5.74) is 2.37. The smallest absolute Gasteiger partial charge is 0.309 e. The second kappa shape index (κ2) is 6.89.